The Labute approximate surface area is 140 Å². The van der Waals surface area contributed by atoms with Crippen molar-refractivity contribution in [2.45, 2.75) is 20.4 Å². The molecule has 8 heteroatoms. The standard InChI is InChI=1S/C14H16BrN3O3S/c1-8-10(9(2)21-17-8)7-18(3)13(19)6-16-14(20)11-4-5-12(15)22-11/h4-5H,6-7H2,1-3H3,(H,16,20). The van der Waals surface area contributed by atoms with E-state index in [1.165, 1.54) is 16.2 Å². The van der Waals surface area contributed by atoms with Crippen molar-refractivity contribution in [1.29, 1.82) is 0 Å². The Kier molecular flexibility index (Phi) is 5.36. The van der Waals surface area contributed by atoms with Crippen LogP contribution >= 0.6 is 27.3 Å². The molecule has 0 saturated carbocycles. The molecule has 2 amide bonds. The highest BCUT2D eigenvalue weighted by molar-refractivity contribution is 9.11. The molecule has 0 aliphatic carbocycles. The molecular weight excluding hydrogens is 370 g/mol. The van der Waals surface area contributed by atoms with E-state index in [1.807, 2.05) is 13.8 Å². The number of nitrogens with one attached hydrogen (secondary N) is 1. The van der Waals surface area contributed by atoms with Crippen molar-refractivity contribution in [2.24, 2.45) is 0 Å². The summed E-state index contributed by atoms with van der Waals surface area (Å²) in [5.41, 5.74) is 1.66. The van der Waals surface area contributed by atoms with Crippen molar-refractivity contribution in [2.75, 3.05) is 13.6 Å². The zero-order valence-electron chi connectivity index (χ0n) is 12.5. The predicted octanol–water partition coefficient (Wildman–Crippen LogP) is 2.50. The summed E-state index contributed by atoms with van der Waals surface area (Å²) in [5.74, 6) is 0.267. The molecule has 2 rings (SSSR count). The second-order valence-electron chi connectivity index (χ2n) is 4.84. The summed E-state index contributed by atoms with van der Waals surface area (Å²) in [6.07, 6.45) is 0. The summed E-state index contributed by atoms with van der Waals surface area (Å²) >= 11 is 4.62. The molecule has 2 aromatic rings. The summed E-state index contributed by atoms with van der Waals surface area (Å²) < 4.78 is 5.95. The number of carbonyl (C=O) groups excluding carboxylic acids is 2. The zero-order chi connectivity index (χ0) is 16.3. The fraction of sp³-hybridized carbons (Fsp3) is 0.357. The van der Waals surface area contributed by atoms with Crippen LogP contribution < -0.4 is 5.32 Å². The fourth-order valence-corrected chi connectivity index (χ4v) is 3.17. The van der Waals surface area contributed by atoms with E-state index in [9.17, 15) is 9.59 Å². The van der Waals surface area contributed by atoms with Crippen molar-refractivity contribution >= 4 is 39.1 Å². The van der Waals surface area contributed by atoms with Gasteiger partial charge in [-0.2, -0.15) is 0 Å². The number of aryl methyl sites for hydroxylation is 2. The van der Waals surface area contributed by atoms with Crippen LogP contribution in [0.1, 0.15) is 26.7 Å². The van der Waals surface area contributed by atoms with E-state index in [4.69, 9.17) is 4.52 Å². The Morgan fingerprint density at radius 3 is 2.68 bits per heavy atom. The number of aromatic nitrogens is 1. The van der Waals surface area contributed by atoms with Gasteiger partial charge in [-0.05, 0) is 41.9 Å². The van der Waals surface area contributed by atoms with E-state index in [2.05, 4.69) is 26.4 Å². The molecule has 118 valence electrons. The first-order chi connectivity index (χ1) is 10.4. The van der Waals surface area contributed by atoms with Gasteiger partial charge in [-0.1, -0.05) is 5.16 Å². The molecule has 0 aliphatic heterocycles. The van der Waals surface area contributed by atoms with E-state index in [-0.39, 0.29) is 18.4 Å². The van der Waals surface area contributed by atoms with E-state index >= 15 is 0 Å². The maximum absolute atomic E-state index is 12.1. The highest BCUT2D eigenvalue weighted by Gasteiger charge is 2.16. The lowest BCUT2D eigenvalue weighted by Gasteiger charge is -2.17. The van der Waals surface area contributed by atoms with Gasteiger partial charge in [-0.15, -0.1) is 11.3 Å². The molecule has 0 aliphatic rings. The van der Waals surface area contributed by atoms with Gasteiger partial charge in [-0.25, -0.2) is 0 Å². The minimum atomic E-state index is -0.255. The first kappa shape index (κ1) is 16.7. The third-order valence-electron chi connectivity index (χ3n) is 3.20. The molecule has 0 unspecified atom stereocenters. The highest BCUT2D eigenvalue weighted by Crippen LogP contribution is 2.21. The molecule has 22 heavy (non-hydrogen) atoms. The van der Waals surface area contributed by atoms with Gasteiger partial charge < -0.3 is 14.7 Å². The Morgan fingerprint density at radius 2 is 2.14 bits per heavy atom. The third kappa shape index (κ3) is 3.95. The van der Waals surface area contributed by atoms with Crippen LogP contribution in [0.15, 0.2) is 20.4 Å². The fourth-order valence-electron chi connectivity index (χ4n) is 1.87. The minimum absolute atomic E-state index is 0.0474. The number of hydrogen-bond acceptors (Lipinski definition) is 5. The Balaban J connectivity index is 1.88. The van der Waals surface area contributed by atoms with Crippen LogP contribution in [0.5, 0.6) is 0 Å². The van der Waals surface area contributed by atoms with Crippen LogP contribution in [0.3, 0.4) is 0 Å². The van der Waals surface area contributed by atoms with Crippen molar-refractivity contribution in [3.8, 4) is 0 Å². The maximum atomic E-state index is 12.1. The molecule has 0 fully saturated rings. The maximum Gasteiger partial charge on any atom is 0.261 e. The van der Waals surface area contributed by atoms with Gasteiger partial charge in [0.1, 0.15) is 5.76 Å². The number of amides is 2. The second kappa shape index (κ2) is 7.06. The molecule has 2 aromatic heterocycles. The van der Waals surface area contributed by atoms with Crippen LogP contribution in [0.25, 0.3) is 0 Å². The van der Waals surface area contributed by atoms with E-state index in [1.54, 1.807) is 19.2 Å². The van der Waals surface area contributed by atoms with Crippen molar-refractivity contribution in [3.05, 3.63) is 37.8 Å². The monoisotopic (exact) mass is 385 g/mol. The van der Waals surface area contributed by atoms with Gasteiger partial charge in [-0.3, -0.25) is 9.59 Å². The molecular formula is C14H16BrN3O3S. The van der Waals surface area contributed by atoms with Gasteiger partial charge >= 0.3 is 0 Å². The zero-order valence-corrected chi connectivity index (χ0v) is 14.9. The third-order valence-corrected chi connectivity index (χ3v) is 4.82. The van der Waals surface area contributed by atoms with Crippen molar-refractivity contribution in [1.82, 2.24) is 15.4 Å². The molecule has 6 nitrogen and oxygen atoms in total. The van der Waals surface area contributed by atoms with Gasteiger partial charge in [0.15, 0.2) is 0 Å². The second-order valence-corrected chi connectivity index (χ2v) is 7.30. The average molecular weight is 386 g/mol. The summed E-state index contributed by atoms with van der Waals surface area (Å²) in [6.45, 7) is 4.00. The Hall–Kier alpha value is -1.67. The van der Waals surface area contributed by atoms with Crippen molar-refractivity contribution < 1.29 is 14.1 Å². The molecule has 0 aromatic carbocycles. The van der Waals surface area contributed by atoms with E-state index < -0.39 is 0 Å². The largest absolute Gasteiger partial charge is 0.361 e. The topological polar surface area (TPSA) is 75.4 Å². The summed E-state index contributed by atoms with van der Waals surface area (Å²) in [4.78, 5) is 26.1. The van der Waals surface area contributed by atoms with Crippen LogP contribution in [-0.4, -0.2) is 35.5 Å². The average Bonchev–Trinajstić information content (AvgIpc) is 3.05. The molecule has 2 heterocycles. The van der Waals surface area contributed by atoms with Gasteiger partial charge in [0, 0.05) is 12.6 Å². The summed E-state index contributed by atoms with van der Waals surface area (Å²) in [6, 6.07) is 3.51. The molecule has 0 radical (unpaired) electrons. The lowest BCUT2D eigenvalue weighted by Crippen LogP contribution is -2.37. The van der Waals surface area contributed by atoms with Gasteiger partial charge in [0.05, 0.1) is 27.4 Å². The van der Waals surface area contributed by atoms with E-state index in [0.717, 1.165) is 15.0 Å². The smallest absolute Gasteiger partial charge is 0.261 e. The lowest BCUT2D eigenvalue weighted by atomic mass is 10.2. The predicted molar refractivity (Wildman–Crippen MR) is 86.8 cm³/mol. The Bertz CT molecular complexity index is 676. The first-order valence-electron chi connectivity index (χ1n) is 6.57. The minimum Gasteiger partial charge on any atom is -0.361 e. The van der Waals surface area contributed by atoms with Crippen LogP contribution in [0.2, 0.25) is 0 Å². The molecule has 0 atom stereocenters. The number of rotatable bonds is 5. The highest BCUT2D eigenvalue weighted by atomic mass is 79.9. The lowest BCUT2D eigenvalue weighted by molar-refractivity contribution is -0.129. The van der Waals surface area contributed by atoms with E-state index in [0.29, 0.717) is 17.2 Å². The number of halogens is 1. The molecule has 0 spiro atoms. The quantitative estimate of drug-likeness (QED) is 0.857. The van der Waals surface area contributed by atoms with Crippen LogP contribution in [0, 0.1) is 13.8 Å². The number of likely N-dealkylation sites (N-methyl/N-ethyl adjacent to an activating group) is 1. The normalized spacial score (nSPS) is 10.5. The number of hydrogen-bond donors (Lipinski definition) is 1. The SMILES string of the molecule is Cc1noc(C)c1CN(C)C(=O)CNC(=O)c1ccc(Br)s1. The molecule has 1 N–H and O–H groups in total. The summed E-state index contributed by atoms with van der Waals surface area (Å²) in [5, 5.41) is 6.48. The molecule has 0 saturated heterocycles. The first-order valence-corrected chi connectivity index (χ1v) is 8.18. The van der Waals surface area contributed by atoms with Gasteiger partial charge in [0.25, 0.3) is 5.91 Å². The Morgan fingerprint density at radius 1 is 1.41 bits per heavy atom. The van der Waals surface area contributed by atoms with Crippen LogP contribution in [-0.2, 0) is 11.3 Å². The van der Waals surface area contributed by atoms with Gasteiger partial charge in [0.2, 0.25) is 5.91 Å². The number of nitrogens with zero attached hydrogens (tertiary/aromatic N) is 2. The van der Waals surface area contributed by atoms with Crippen molar-refractivity contribution in [3.63, 3.8) is 0 Å². The number of carbonyl (C=O) groups is 2. The summed E-state index contributed by atoms with van der Waals surface area (Å²) in [7, 11) is 1.68. The molecule has 0 bridgehead atoms. The number of thiophene rings is 1. The van der Waals surface area contributed by atoms with Crippen LogP contribution in [0.4, 0.5) is 0 Å².